The number of carbonyl (C=O) groups excluding carboxylic acids is 3. The van der Waals surface area contributed by atoms with Crippen molar-refractivity contribution in [1.29, 1.82) is 0 Å². The molecule has 2 amide bonds. The van der Waals surface area contributed by atoms with Gasteiger partial charge in [0.1, 0.15) is 11.3 Å². The summed E-state index contributed by atoms with van der Waals surface area (Å²) < 4.78 is 27.3. The van der Waals surface area contributed by atoms with E-state index in [1.165, 1.54) is 4.90 Å². The van der Waals surface area contributed by atoms with Crippen molar-refractivity contribution in [2.75, 3.05) is 13.1 Å². The van der Waals surface area contributed by atoms with Gasteiger partial charge in [0.25, 0.3) is 5.91 Å². The summed E-state index contributed by atoms with van der Waals surface area (Å²) in [6, 6.07) is 15.0. The van der Waals surface area contributed by atoms with Crippen LogP contribution < -0.4 is 0 Å². The number of amides is 2. The smallest absolute Gasteiger partial charge is 0.254 e. The number of sulfone groups is 1. The molecule has 7 nitrogen and oxygen atoms in total. The molecule has 2 aromatic rings. The van der Waals surface area contributed by atoms with E-state index >= 15 is 0 Å². The highest BCUT2D eigenvalue weighted by Crippen LogP contribution is 2.33. The van der Waals surface area contributed by atoms with E-state index < -0.39 is 33.1 Å². The number of carbonyl (C=O) groups is 3. The van der Waals surface area contributed by atoms with Gasteiger partial charge in [-0.3, -0.25) is 14.4 Å². The number of hydrogen-bond donors (Lipinski definition) is 0. The second-order valence-corrected chi connectivity index (χ2v) is 14.2. The Labute approximate surface area is 226 Å². The van der Waals surface area contributed by atoms with Gasteiger partial charge in [0.15, 0.2) is 15.6 Å². The Bertz CT molecular complexity index is 1300. The van der Waals surface area contributed by atoms with E-state index in [-0.39, 0.29) is 48.3 Å². The summed E-state index contributed by atoms with van der Waals surface area (Å²) in [7, 11) is -3.86. The van der Waals surface area contributed by atoms with E-state index in [0.717, 1.165) is 5.56 Å². The molecular formula is C30H38N2O5S. The number of likely N-dealkylation sites (tertiary alicyclic amines) is 2. The molecule has 2 fully saturated rings. The van der Waals surface area contributed by atoms with Gasteiger partial charge in [0.05, 0.1) is 18.3 Å². The average Bonchev–Trinajstić information content (AvgIpc) is 3.43. The number of Topliss-reactive ketones (excluding diaryl/α,β-unsaturated/α-hetero) is 1. The normalized spacial score (nSPS) is 20.6. The zero-order valence-corrected chi connectivity index (χ0v) is 23.7. The van der Waals surface area contributed by atoms with Gasteiger partial charge in [0.2, 0.25) is 5.91 Å². The Morgan fingerprint density at radius 1 is 0.974 bits per heavy atom. The highest BCUT2D eigenvalue weighted by atomic mass is 32.2. The predicted molar refractivity (Wildman–Crippen MR) is 147 cm³/mol. The first-order valence-corrected chi connectivity index (χ1v) is 15.0. The molecule has 38 heavy (non-hydrogen) atoms. The summed E-state index contributed by atoms with van der Waals surface area (Å²) in [6.07, 6.45) is 0.624. The van der Waals surface area contributed by atoms with E-state index in [9.17, 15) is 22.8 Å². The number of fused-ring (bicyclic) bond motifs is 1. The van der Waals surface area contributed by atoms with Crippen LogP contribution in [0, 0.1) is 5.92 Å². The minimum Gasteiger partial charge on any atom is -0.329 e. The van der Waals surface area contributed by atoms with Crippen LogP contribution in [0.4, 0.5) is 0 Å². The molecule has 0 saturated carbocycles. The Balaban J connectivity index is 1.55. The first-order chi connectivity index (χ1) is 17.8. The maximum Gasteiger partial charge on any atom is 0.254 e. The molecule has 2 aliphatic heterocycles. The number of ketones is 1. The Hall–Kier alpha value is -3.00. The van der Waals surface area contributed by atoms with Crippen LogP contribution in [-0.2, 0) is 30.6 Å². The highest BCUT2D eigenvalue weighted by molar-refractivity contribution is 7.92. The highest BCUT2D eigenvalue weighted by Gasteiger charge is 2.53. The van der Waals surface area contributed by atoms with Crippen LogP contribution in [0.25, 0.3) is 0 Å². The Morgan fingerprint density at radius 3 is 2.18 bits per heavy atom. The van der Waals surface area contributed by atoms with Crippen molar-refractivity contribution in [2.45, 2.75) is 76.0 Å². The third kappa shape index (κ3) is 5.70. The summed E-state index contributed by atoms with van der Waals surface area (Å²) in [4.78, 5) is 43.0. The quantitative estimate of drug-likeness (QED) is 0.531. The number of rotatable bonds is 7. The van der Waals surface area contributed by atoms with Crippen molar-refractivity contribution < 1.29 is 22.8 Å². The fraction of sp³-hybridized carbons (Fsp3) is 0.500. The lowest BCUT2D eigenvalue weighted by molar-refractivity contribution is -0.136. The van der Waals surface area contributed by atoms with E-state index in [2.05, 4.69) is 20.8 Å². The molecule has 2 aromatic carbocycles. The van der Waals surface area contributed by atoms with Crippen LogP contribution >= 0.6 is 0 Å². The van der Waals surface area contributed by atoms with Crippen LogP contribution in [0.5, 0.6) is 0 Å². The van der Waals surface area contributed by atoms with E-state index in [1.807, 2.05) is 44.2 Å². The molecule has 0 spiro atoms. The minimum absolute atomic E-state index is 0.0316. The first kappa shape index (κ1) is 28.0. The molecule has 0 aliphatic carbocycles. The van der Waals surface area contributed by atoms with Crippen LogP contribution in [-0.4, -0.2) is 66.2 Å². The van der Waals surface area contributed by atoms with Crippen molar-refractivity contribution in [3.05, 3.63) is 71.3 Å². The summed E-state index contributed by atoms with van der Waals surface area (Å²) in [5.74, 6) is -1.26. The SMILES string of the molecule is CC(C)C[C@@H](C(=O)N1CCC2C1C(=O)CN2C(=O)c1ccccc1)S(=O)(=O)Cc1ccc(C(C)(C)C)cc1. The first-order valence-electron chi connectivity index (χ1n) is 13.3. The molecule has 0 aromatic heterocycles. The van der Waals surface area contributed by atoms with E-state index in [1.54, 1.807) is 29.2 Å². The van der Waals surface area contributed by atoms with Crippen LogP contribution in [0.15, 0.2) is 54.6 Å². The molecule has 2 saturated heterocycles. The van der Waals surface area contributed by atoms with E-state index in [0.29, 0.717) is 17.5 Å². The summed E-state index contributed by atoms with van der Waals surface area (Å²) in [5, 5.41) is -1.24. The molecule has 0 bridgehead atoms. The zero-order chi connectivity index (χ0) is 27.8. The van der Waals surface area contributed by atoms with Crippen molar-refractivity contribution in [3.63, 3.8) is 0 Å². The largest absolute Gasteiger partial charge is 0.329 e. The van der Waals surface area contributed by atoms with Crippen LogP contribution in [0.2, 0.25) is 0 Å². The third-order valence-electron chi connectivity index (χ3n) is 7.57. The van der Waals surface area contributed by atoms with E-state index in [4.69, 9.17) is 0 Å². The standard InChI is InChI=1S/C30H38N2O5S/c1-20(2)17-26(38(36,37)19-21-11-13-23(14-12-21)30(3,4)5)29(35)31-16-15-24-27(31)25(33)18-32(24)28(34)22-9-7-6-8-10-22/h6-14,20,24,26-27H,15-19H2,1-5H3/t24?,26-,27?/m0/s1. The predicted octanol–water partition coefficient (Wildman–Crippen LogP) is 4.01. The summed E-state index contributed by atoms with van der Waals surface area (Å²) in [5.41, 5.74) is 2.17. The Kier molecular flexibility index (Phi) is 7.84. The maximum absolute atomic E-state index is 13.8. The summed E-state index contributed by atoms with van der Waals surface area (Å²) in [6.45, 7) is 10.2. The fourth-order valence-corrected chi connectivity index (χ4v) is 7.51. The van der Waals surface area contributed by atoms with Gasteiger partial charge in [-0.15, -0.1) is 0 Å². The Morgan fingerprint density at radius 2 is 1.61 bits per heavy atom. The molecule has 0 radical (unpaired) electrons. The van der Waals surface area contributed by atoms with Crippen LogP contribution in [0.3, 0.4) is 0 Å². The average molecular weight is 539 g/mol. The molecule has 0 N–H and O–H groups in total. The molecule has 8 heteroatoms. The van der Waals surface area contributed by atoms with Gasteiger partial charge in [0, 0.05) is 12.1 Å². The number of benzene rings is 2. The molecule has 4 rings (SSSR count). The molecule has 3 atom stereocenters. The molecule has 204 valence electrons. The molecule has 2 heterocycles. The topological polar surface area (TPSA) is 91.8 Å². The van der Waals surface area contributed by atoms with Crippen LogP contribution in [0.1, 0.15) is 68.9 Å². The number of nitrogens with zero attached hydrogens (tertiary/aromatic N) is 2. The number of hydrogen-bond acceptors (Lipinski definition) is 5. The van der Waals surface area contributed by atoms with Crippen molar-refractivity contribution in [2.24, 2.45) is 5.92 Å². The monoisotopic (exact) mass is 538 g/mol. The van der Waals surface area contributed by atoms with Gasteiger partial charge in [-0.2, -0.15) is 0 Å². The van der Waals surface area contributed by atoms with Gasteiger partial charge in [-0.1, -0.05) is 77.1 Å². The van der Waals surface area contributed by atoms with Crippen molar-refractivity contribution >= 4 is 27.4 Å². The van der Waals surface area contributed by atoms with Gasteiger partial charge in [-0.25, -0.2) is 8.42 Å². The fourth-order valence-electron chi connectivity index (χ4n) is 5.53. The lowest BCUT2D eigenvalue weighted by atomic mass is 9.87. The molecule has 2 aliphatic rings. The van der Waals surface area contributed by atoms with Gasteiger partial charge in [-0.05, 0) is 47.4 Å². The molecule has 2 unspecified atom stereocenters. The summed E-state index contributed by atoms with van der Waals surface area (Å²) >= 11 is 0. The maximum atomic E-state index is 13.8. The zero-order valence-electron chi connectivity index (χ0n) is 22.9. The third-order valence-corrected chi connectivity index (χ3v) is 9.57. The van der Waals surface area contributed by atoms with Gasteiger partial charge >= 0.3 is 0 Å². The lowest BCUT2D eigenvalue weighted by Crippen LogP contribution is -2.49. The lowest BCUT2D eigenvalue weighted by Gasteiger charge is -2.28. The second-order valence-electron chi connectivity index (χ2n) is 12.0. The van der Waals surface area contributed by atoms with Crippen molar-refractivity contribution in [3.8, 4) is 0 Å². The van der Waals surface area contributed by atoms with Crippen molar-refractivity contribution in [1.82, 2.24) is 9.80 Å². The molecular weight excluding hydrogens is 500 g/mol. The minimum atomic E-state index is -3.86. The second kappa shape index (κ2) is 10.6. The van der Waals surface area contributed by atoms with Gasteiger partial charge < -0.3 is 9.80 Å².